The Kier molecular flexibility index (Phi) is 8.25. The van der Waals surface area contributed by atoms with Gasteiger partial charge in [0.25, 0.3) is 0 Å². The number of benzene rings is 1. The van der Waals surface area contributed by atoms with Crippen molar-refractivity contribution in [3.05, 3.63) is 29.8 Å². The quantitative estimate of drug-likeness (QED) is 0.437. The van der Waals surface area contributed by atoms with Gasteiger partial charge in [-0.05, 0) is 74.5 Å². The lowest BCUT2D eigenvalue weighted by molar-refractivity contribution is -0.274. The molecule has 1 aromatic carbocycles. The van der Waals surface area contributed by atoms with Crippen LogP contribution >= 0.6 is 0 Å². The Morgan fingerprint density at radius 3 is 2.10 bits per heavy atom. The molecule has 0 spiro atoms. The molecule has 3 nitrogen and oxygen atoms in total. The van der Waals surface area contributed by atoms with E-state index in [0.717, 1.165) is 56.8 Å². The second-order valence-corrected chi connectivity index (χ2v) is 8.49. The van der Waals surface area contributed by atoms with Gasteiger partial charge >= 0.3 is 6.36 Å². The fourth-order valence-corrected chi connectivity index (χ4v) is 4.46. The van der Waals surface area contributed by atoms with Gasteiger partial charge in [-0.15, -0.1) is 13.2 Å². The first-order valence-electron chi connectivity index (χ1n) is 11.0. The van der Waals surface area contributed by atoms with Gasteiger partial charge in [0.1, 0.15) is 5.75 Å². The maximum Gasteiger partial charge on any atom is 0.573 e. The van der Waals surface area contributed by atoms with Crippen LogP contribution in [-0.4, -0.2) is 25.9 Å². The average molecular weight is 415 g/mol. The summed E-state index contributed by atoms with van der Waals surface area (Å²) >= 11 is 0. The average Bonchev–Trinajstić information content (AvgIpc) is 2.72. The lowest BCUT2D eigenvalue weighted by Crippen LogP contribution is -2.31. The molecule has 29 heavy (non-hydrogen) atoms. The minimum atomic E-state index is -4.63. The van der Waals surface area contributed by atoms with Crippen molar-refractivity contribution in [1.29, 1.82) is 0 Å². The molecule has 1 aliphatic carbocycles. The molecule has 1 saturated carbocycles. The first-order valence-corrected chi connectivity index (χ1v) is 11.0. The summed E-state index contributed by atoms with van der Waals surface area (Å²) in [6.45, 7) is 3.83. The maximum absolute atomic E-state index is 12.3. The van der Waals surface area contributed by atoms with E-state index in [9.17, 15) is 13.2 Å². The van der Waals surface area contributed by atoms with Crippen LogP contribution in [0.15, 0.2) is 24.3 Å². The van der Waals surface area contributed by atoms with Crippen molar-refractivity contribution in [3.63, 3.8) is 0 Å². The van der Waals surface area contributed by atoms with Crippen LogP contribution in [0.25, 0.3) is 0 Å². The third-order valence-corrected chi connectivity index (χ3v) is 6.35. The predicted molar refractivity (Wildman–Crippen MR) is 106 cm³/mol. The molecule has 1 saturated heterocycles. The monoisotopic (exact) mass is 414 g/mol. The SMILES string of the molecule is CCC1COC(CCCCC2CCC(c3ccc(OC(F)(F)F)cc3)CC2)OC1. The van der Waals surface area contributed by atoms with Crippen LogP contribution in [-0.2, 0) is 9.47 Å². The Balaban J connectivity index is 1.30. The van der Waals surface area contributed by atoms with E-state index >= 15 is 0 Å². The molecule has 0 radical (unpaired) electrons. The molecule has 0 amide bonds. The molecule has 1 heterocycles. The van der Waals surface area contributed by atoms with Crippen LogP contribution in [0.1, 0.15) is 76.2 Å². The van der Waals surface area contributed by atoms with Crippen molar-refractivity contribution in [2.24, 2.45) is 11.8 Å². The number of ether oxygens (including phenoxy) is 3. The Labute approximate surface area is 171 Å². The third-order valence-electron chi connectivity index (χ3n) is 6.35. The first-order chi connectivity index (χ1) is 13.9. The summed E-state index contributed by atoms with van der Waals surface area (Å²) in [6.07, 6.45) is 5.65. The van der Waals surface area contributed by atoms with Gasteiger partial charge in [-0.1, -0.05) is 31.9 Å². The fraction of sp³-hybridized carbons (Fsp3) is 0.739. The van der Waals surface area contributed by atoms with Gasteiger partial charge in [-0.25, -0.2) is 0 Å². The van der Waals surface area contributed by atoms with Gasteiger partial charge < -0.3 is 14.2 Å². The minimum absolute atomic E-state index is 0.0159. The summed E-state index contributed by atoms with van der Waals surface area (Å²) in [4.78, 5) is 0. The first kappa shape index (κ1) is 22.4. The molecule has 3 rings (SSSR count). The maximum atomic E-state index is 12.3. The van der Waals surface area contributed by atoms with Crippen LogP contribution in [0.2, 0.25) is 0 Å². The van der Waals surface area contributed by atoms with Gasteiger partial charge in [-0.2, -0.15) is 0 Å². The molecule has 6 heteroatoms. The molecule has 0 bridgehead atoms. The minimum Gasteiger partial charge on any atom is -0.406 e. The standard InChI is InChI=1S/C23H33F3O3/c1-2-17-15-27-22(28-16-17)6-4-3-5-18-7-9-19(10-8-18)20-11-13-21(14-12-20)29-23(24,25)26/h11-14,17-19,22H,2-10,15-16H2,1H3. The van der Waals surface area contributed by atoms with Crippen LogP contribution in [0.5, 0.6) is 5.75 Å². The summed E-state index contributed by atoms with van der Waals surface area (Å²) in [6, 6.07) is 6.40. The highest BCUT2D eigenvalue weighted by Crippen LogP contribution is 2.38. The third kappa shape index (κ3) is 7.49. The number of hydrogen-bond acceptors (Lipinski definition) is 3. The zero-order valence-corrected chi connectivity index (χ0v) is 17.3. The smallest absolute Gasteiger partial charge is 0.406 e. The van der Waals surface area contributed by atoms with Gasteiger partial charge in [0.05, 0.1) is 13.2 Å². The molecule has 0 atom stereocenters. The number of halogens is 3. The Morgan fingerprint density at radius 2 is 1.52 bits per heavy atom. The molecule has 0 unspecified atom stereocenters. The molecule has 2 fully saturated rings. The van der Waals surface area contributed by atoms with E-state index in [2.05, 4.69) is 11.7 Å². The van der Waals surface area contributed by atoms with Crippen molar-refractivity contribution in [3.8, 4) is 5.75 Å². The second kappa shape index (κ2) is 10.7. The summed E-state index contributed by atoms with van der Waals surface area (Å²) < 4.78 is 52.3. The number of unbranched alkanes of at least 4 members (excludes halogenated alkanes) is 1. The lowest BCUT2D eigenvalue weighted by Gasteiger charge is -2.30. The van der Waals surface area contributed by atoms with E-state index in [4.69, 9.17) is 9.47 Å². The van der Waals surface area contributed by atoms with Crippen LogP contribution in [0, 0.1) is 11.8 Å². The molecule has 164 valence electrons. The summed E-state index contributed by atoms with van der Waals surface area (Å²) in [7, 11) is 0. The number of hydrogen-bond donors (Lipinski definition) is 0. The van der Waals surface area contributed by atoms with E-state index in [1.807, 2.05) is 0 Å². The highest BCUT2D eigenvalue weighted by atomic mass is 19.4. The normalized spacial score (nSPS) is 28.3. The van der Waals surface area contributed by atoms with Crippen molar-refractivity contribution in [2.45, 2.75) is 83.3 Å². The molecule has 1 aromatic rings. The van der Waals surface area contributed by atoms with Gasteiger partial charge in [0.15, 0.2) is 6.29 Å². The van der Waals surface area contributed by atoms with E-state index in [1.54, 1.807) is 12.1 Å². The summed E-state index contributed by atoms with van der Waals surface area (Å²) in [5, 5.41) is 0. The van der Waals surface area contributed by atoms with E-state index in [-0.39, 0.29) is 12.0 Å². The molecular weight excluding hydrogens is 381 g/mol. The van der Waals surface area contributed by atoms with Crippen LogP contribution < -0.4 is 4.74 Å². The largest absolute Gasteiger partial charge is 0.573 e. The van der Waals surface area contributed by atoms with E-state index in [0.29, 0.717) is 11.8 Å². The predicted octanol–water partition coefficient (Wildman–Crippen LogP) is 6.82. The molecule has 1 aliphatic heterocycles. The van der Waals surface area contributed by atoms with Crippen LogP contribution in [0.4, 0.5) is 13.2 Å². The van der Waals surface area contributed by atoms with Gasteiger partial charge in [-0.3, -0.25) is 0 Å². The molecule has 0 N–H and O–H groups in total. The zero-order chi connectivity index (χ0) is 20.7. The van der Waals surface area contributed by atoms with Crippen molar-refractivity contribution in [1.82, 2.24) is 0 Å². The fourth-order valence-electron chi connectivity index (χ4n) is 4.46. The van der Waals surface area contributed by atoms with Gasteiger partial charge in [0, 0.05) is 5.92 Å². The van der Waals surface area contributed by atoms with E-state index < -0.39 is 6.36 Å². The summed E-state index contributed by atoms with van der Waals surface area (Å²) in [5.74, 6) is 1.61. The zero-order valence-electron chi connectivity index (χ0n) is 17.3. The Bertz CT molecular complexity index is 586. The number of rotatable bonds is 8. The van der Waals surface area contributed by atoms with Crippen LogP contribution in [0.3, 0.4) is 0 Å². The highest BCUT2D eigenvalue weighted by molar-refractivity contribution is 5.29. The molecular formula is C23H33F3O3. The Morgan fingerprint density at radius 1 is 0.897 bits per heavy atom. The Hall–Kier alpha value is -1.27. The molecule has 0 aromatic heterocycles. The summed E-state index contributed by atoms with van der Waals surface area (Å²) in [5.41, 5.74) is 1.12. The lowest BCUT2D eigenvalue weighted by atomic mass is 9.77. The van der Waals surface area contributed by atoms with Crippen molar-refractivity contribution in [2.75, 3.05) is 13.2 Å². The topological polar surface area (TPSA) is 27.7 Å². The second-order valence-electron chi connectivity index (χ2n) is 8.49. The van der Waals surface area contributed by atoms with Gasteiger partial charge in [0.2, 0.25) is 0 Å². The van der Waals surface area contributed by atoms with E-state index in [1.165, 1.54) is 37.8 Å². The highest BCUT2D eigenvalue weighted by Gasteiger charge is 2.31. The van der Waals surface area contributed by atoms with Crippen molar-refractivity contribution >= 4 is 0 Å². The number of alkyl halides is 3. The molecule has 2 aliphatic rings. The van der Waals surface area contributed by atoms with Crippen molar-refractivity contribution < 1.29 is 27.4 Å².